The van der Waals surface area contributed by atoms with Gasteiger partial charge in [0.25, 0.3) is 0 Å². The number of carbonyl (C=O) groups is 3. The number of amides is 2. The molecular formula is C24H34N2O6. The van der Waals surface area contributed by atoms with Crippen LogP contribution in [0.2, 0.25) is 0 Å². The Hall–Kier alpha value is -2.19. The van der Waals surface area contributed by atoms with Crippen molar-refractivity contribution in [3.8, 4) is 0 Å². The summed E-state index contributed by atoms with van der Waals surface area (Å²) in [5.41, 5.74) is -2.80. The molecule has 5 atom stereocenters. The van der Waals surface area contributed by atoms with Crippen molar-refractivity contribution in [2.45, 2.75) is 69.7 Å². The van der Waals surface area contributed by atoms with E-state index in [1.165, 1.54) is 4.90 Å². The monoisotopic (exact) mass is 446 g/mol. The van der Waals surface area contributed by atoms with Crippen LogP contribution in [-0.2, 0) is 23.9 Å². The average molecular weight is 447 g/mol. The molecule has 2 saturated heterocycles. The number of hydrogen-bond acceptors (Lipinski definition) is 6. The van der Waals surface area contributed by atoms with Crippen molar-refractivity contribution in [2.24, 2.45) is 11.8 Å². The fourth-order valence-electron chi connectivity index (χ4n) is 5.72. The number of carbonyl (C=O) groups excluding carboxylic acids is 3. The van der Waals surface area contributed by atoms with Gasteiger partial charge in [0.05, 0.1) is 18.1 Å². The third kappa shape index (κ3) is 3.39. The fraction of sp³-hybridized carbons (Fsp3) is 0.708. The number of fused-ring (bicyclic) bond motifs is 2. The Bertz CT molecular complexity index is 861. The summed E-state index contributed by atoms with van der Waals surface area (Å²) in [6, 6.07) is -0.905. The number of nitrogens with zero attached hydrogens (tertiary/aromatic N) is 2. The number of likely N-dealkylation sites (tertiary alicyclic amines) is 1. The van der Waals surface area contributed by atoms with Gasteiger partial charge in [-0.1, -0.05) is 24.3 Å². The van der Waals surface area contributed by atoms with Crippen LogP contribution >= 0.6 is 0 Å². The molecule has 0 aliphatic carbocycles. The van der Waals surface area contributed by atoms with E-state index < -0.39 is 40.6 Å². The van der Waals surface area contributed by atoms with Crippen molar-refractivity contribution in [1.29, 1.82) is 0 Å². The minimum atomic E-state index is -1.27. The molecule has 0 aromatic heterocycles. The van der Waals surface area contributed by atoms with Crippen molar-refractivity contribution in [3.63, 3.8) is 0 Å². The first-order chi connectivity index (χ1) is 15.1. The summed E-state index contributed by atoms with van der Waals surface area (Å²) < 4.78 is 12.2. The van der Waals surface area contributed by atoms with Gasteiger partial charge in [-0.25, -0.2) is 0 Å². The summed E-state index contributed by atoms with van der Waals surface area (Å²) in [6.45, 7) is 8.46. The Morgan fingerprint density at radius 3 is 2.56 bits per heavy atom. The van der Waals surface area contributed by atoms with E-state index in [4.69, 9.17) is 9.47 Å². The predicted octanol–water partition coefficient (Wildman–Crippen LogP) is 1.43. The first kappa shape index (κ1) is 23.0. The number of ether oxygens (including phenoxy) is 2. The zero-order valence-corrected chi connectivity index (χ0v) is 19.4. The molecule has 4 rings (SSSR count). The van der Waals surface area contributed by atoms with Gasteiger partial charge in [-0.15, -0.1) is 0 Å². The van der Waals surface area contributed by atoms with Crippen molar-refractivity contribution < 1.29 is 29.0 Å². The highest BCUT2D eigenvalue weighted by Crippen LogP contribution is 2.57. The van der Waals surface area contributed by atoms with Crippen LogP contribution in [0.5, 0.6) is 0 Å². The van der Waals surface area contributed by atoms with Crippen LogP contribution in [0, 0.1) is 11.8 Å². The summed E-state index contributed by atoms with van der Waals surface area (Å²) in [4.78, 5) is 44.2. The largest absolute Gasteiger partial charge is 0.465 e. The molecule has 32 heavy (non-hydrogen) atoms. The van der Waals surface area contributed by atoms with Gasteiger partial charge in [0, 0.05) is 25.2 Å². The lowest BCUT2D eigenvalue weighted by Gasteiger charge is -2.41. The molecule has 0 aromatic rings. The molecular weight excluding hydrogens is 412 g/mol. The highest BCUT2D eigenvalue weighted by atomic mass is 16.6. The van der Waals surface area contributed by atoms with E-state index in [1.54, 1.807) is 11.8 Å². The lowest BCUT2D eigenvalue weighted by molar-refractivity contribution is -0.160. The molecule has 8 heteroatoms. The highest BCUT2D eigenvalue weighted by Gasteiger charge is 2.74. The van der Waals surface area contributed by atoms with Crippen molar-refractivity contribution in [2.75, 3.05) is 26.3 Å². The Balaban J connectivity index is 1.87. The molecule has 176 valence electrons. The number of rotatable bonds is 3. The number of aliphatic hydroxyl groups is 1. The Morgan fingerprint density at radius 1 is 1.12 bits per heavy atom. The van der Waals surface area contributed by atoms with E-state index in [9.17, 15) is 19.5 Å². The zero-order chi connectivity index (χ0) is 23.3. The maximum absolute atomic E-state index is 13.9. The number of hydrogen-bond donors (Lipinski definition) is 1. The molecule has 2 fully saturated rings. The number of allylic oxidation sites excluding steroid dienone is 1. The van der Waals surface area contributed by atoms with Gasteiger partial charge in [0.1, 0.15) is 17.6 Å². The number of esters is 1. The minimum Gasteiger partial charge on any atom is -0.465 e. The Labute approximate surface area is 189 Å². The van der Waals surface area contributed by atoms with E-state index in [0.29, 0.717) is 19.4 Å². The molecule has 2 amide bonds. The maximum Gasteiger partial charge on any atom is 0.313 e. The molecule has 4 aliphatic rings. The summed E-state index contributed by atoms with van der Waals surface area (Å²) in [6.07, 6.45) is 9.33. The van der Waals surface area contributed by atoms with Gasteiger partial charge in [0.15, 0.2) is 0 Å². The van der Waals surface area contributed by atoms with E-state index in [1.807, 2.05) is 45.1 Å². The molecule has 0 saturated carbocycles. The van der Waals surface area contributed by atoms with Crippen LogP contribution in [0.3, 0.4) is 0 Å². The number of cyclic esters (lactones) is 1. The molecule has 1 spiro atoms. The van der Waals surface area contributed by atoms with E-state index >= 15 is 0 Å². The minimum absolute atomic E-state index is 0.103. The van der Waals surface area contributed by atoms with Crippen LogP contribution in [-0.4, -0.2) is 81.8 Å². The zero-order valence-electron chi connectivity index (χ0n) is 19.4. The van der Waals surface area contributed by atoms with Crippen LogP contribution in [0.4, 0.5) is 0 Å². The molecule has 4 heterocycles. The van der Waals surface area contributed by atoms with Gasteiger partial charge in [-0.2, -0.15) is 0 Å². The standard InChI is InChI=1S/C24H34N2O6/c1-22(2,3)26-13-8-11-24-16(19(28)25(12-9-14-27)18(24)20(26)29)17-21(30)31-15-7-5-6-10-23(17,4)32-24/h6,8,10-11,16-18,27H,5,7,9,12-15H2,1-4H3/b10-6-/t16-,17+,18?,23-,24-/m0/s1. The van der Waals surface area contributed by atoms with Crippen molar-refractivity contribution in [1.82, 2.24) is 9.80 Å². The summed E-state index contributed by atoms with van der Waals surface area (Å²) in [7, 11) is 0. The van der Waals surface area contributed by atoms with E-state index in [-0.39, 0.29) is 31.6 Å². The van der Waals surface area contributed by atoms with Crippen LogP contribution in [0.15, 0.2) is 24.3 Å². The molecule has 0 aromatic carbocycles. The van der Waals surface area contributed by atoms with Gasteiger partial charge in [-0.05, 0) is 47.0 Å². The normalized spacial score (nSPS) is 38.3. The van der Waals surface area contributed by atoms with Gasteiger partial charge >= 0.3 is 5.97 Å². The first-order valence-electron chi connectivity index (χ1n) is 11.5. The van der Waals surface area contributed by atoms with Crippen LogP contribution in [0.25, 0.3) is 0 Å². The number of aliphatic hydroxyl groups excluding tert-OH is 1. The van der Waals surface area contributed by atoms with Crippen molar-refractivity contribution in [3.05, 3.63) is 24.3 Å². The van der Waals surface area contributed by atoms with E-state index in [2.05, 4.69) is 0 Å². The molecule has 1 unspecified atom stereocenters. The topological polar surface area (TPSA) is 96.4 Å². The van der Waals surface area contributed by atoms with Gasteiger partial charge in [0.2, 0.25) is 11.8 Å². The molecule has 0 radical (unpaired) electrons. The smallest absolute Gasteiger partial charge is 0.313 e. The quantitative estimate of drug-likeness (QED) is 0.521. The SMILES string of the molecule is CC(C)(C)N1CC=C[C@]23O[C@@]4(C)/C=C\CCCOC(=O)[C@H]4[C@H]2C(=O)N(CCCO)C3C1=O. The van der Waals surface area contributed by atoms with Crippen molar-refractivity contribution >= 4 is 17.8 Å². The lowest BCUT2D eigenvalue weighted by Crippen LogP contribution is -2.59. The van der Waals surface area contributed by atoms with Gasteiger partial charge in [-0.3, -0.25) is 14.4 Å². The second-order valence-corrected chi connectivity index (χ2v) is 10.3. The Morgan fingerprint density at radius 2 is 1.88 bits per heavy atom. The van der Waals surface area contributed by atoms with E-state index in [0.717, 1.165) is 6.42 Å². The highest BCUT2D eigenvalue weighted by molar-refractivity contribution is 5.99. The molecule has 1 N–H and O–H groups in total. The predicted molar refractivity (Wildman–Crippen MR) is 116 cm³/mol. The summed E-state index contributed by atoms with van der Waals surface area (Å²) in [5.74, 6) is -2.69. The molecule has 0 bridgehead atoms. The molecule has 4 aliphatic heterocycles. The molecule has 8 nitrogen and oxygen atoms in total. The van der Waals surface area contributed by atoms with Crippen LogP contribution < -0.4 is 0 Å². The Kier molecular flexibility index (Phi) is 5.74. The second kappa shape index (κ2) is 7.99. The summed E-state index contributed by atoms with van der Waals surface area (Å²) >= 11 is 0. The average Bonchev–Trinajstić information content (AvgIpc) is 3.04. The van der Waals surface area contributed by atoms with Crippen LogP contribution in [0.1, 0.15) is 47.0 Å². The maximum atomic E-state index is 13.9. The fourth-order valence-corrected chi connectivity index (χ4v) is 5.72. The lowest BCUT2D eigenvalue weighted by atomic mass is 9.74. The first-order valence-corrected chi connectivity index (χ1v) is 11.5. The third-order valence-electron chi connectivity index (χ3n) is 7.12. The summed E-state index contributed by atoms with van der Waals surface area (Å²) in [5, 5.41) is 9.42. The van der Waals surface area contributed by atoms with Gasteiger partial charge < -0.3 is 24.4 Å². The second-order valence-electron chi connectivity index (χ2n) is 10.3. The third-order valence-corrected chi connectivity index (χ3v) is 7.12.